The number of thioether (sulfide) groups is 1. The lowest BCUT2D eigenvalue weighted by Gasteiger charge is -2.02. The molecule has 0 saturated heterocycles. The van der Waals surface area contributed by atoms with Crippen LogP contribution in [0.5, 0.6) is 0 Å². The highest BCUT2D eigenvalue weighted by Crippen LogP contribution is 2.22. The quantitative estimate of drug-likeness (QED) is 0.671. The number of nitrogens with two attached hydrogens (primary N) is 1. The molecule has 2 heteroatoms. The molecule has 0 bridgehead atoms. The maximum atomic E-state index is 5.34. The van der Waals surface area contributed by atoms with Crippen molar-refractivity contribution in [3.8, 4) is 11.8 Å². The fraction of sp³-hybridized carbons (Fsp3) is 0.125. The molecule has 2 rings (SSSR count). The van der Waals surface area contributed by atoms with Crippen molar-refractivity contribution in [2.75, 3.05) is 6.54 Å². The van der Waals surface area contributed by atoms with E-state index in [-0.39, 0.29) is 0 Å². The van der Waals surface area contributed by atoms with Gasteiger partial charge in [0.1, 0.15) is 0 Å². The van der Waals surface area contributed by atoms with Crippen molar-refractivity contribution in [3.63, 3.8) is 0 Å². The molecule has 0 atom stereocenters. The Bertz CT molecular complexity index is 535. The lowest BCUT2D eigenvalue weighted by atomic mass is 10.1. The molecule has 0 aliphatic heterocycles. The summed E-state index contributed by atoms with van der Waals surface area (Å²) in [6.45, 7) is 0.408. The molecule has 0 saturated carbocycles. The van der Waals surface area contributed by atoms with Crippen LogP contribution in [0.15, 0.2) is 59.5 Å². The van der Waals surface area contributed by atoms with Gasteiger partial charge in [-0.2, -0.15) is 0 Å². The summed E-state index contributed by atoms with van der Waals surface area (Å²) in [5, 5.41) is 0. The minimum absolute atomic E-state index is 0.408. The molecule has 18 heavy (non-hydrogen) atoms. The fourth-order valence-corrected chi connectivity index (χ4v) is 2.40. The van der Waals surface area contributed by atoms with E-state index in [1.165, 1.54) is 10.5 Å². The summed E-state index contributed by atoms with van der Waals surface area (Å²) in [5.41, 5.74) is 7.67. The monoisotopic (exact) mass is 253 g/mol. The molecule has 0 radical (unpaired) electrons. The Hall–Kier alpha value is -1.69. The molecule has 0 spiro atoms. The molecular formula is C16H15NS. The fourth-order valence-electron chi connectivity index (χ4n) is 1.52. The lowest BCUT2D eigenvalue weighted by Crippen LogP contribution is -1.93. The number of hydrogen-bond acceptors (Lipinski definition) is 2. The van der Waals surface area contributed by atoms with Crippen LogP contribution < -0.4 is 5.73 Å². The van der Waals surface area contributed by atoms with Gasteiger partial charge in [-0.05, 0) is 29.8 Å². The minimum Gasteiger partial charge on any atom is -0.320 e. The van der Waals surface area contributed by atoms with E-state index in [0.29, 0.717) is 6.54 Å². The summed E-state index contributed by atoms with van der Waals surface area (Å²) in [5.74, 6) is 6.86. The summed E-state index contributed by atoms with van der Waals surface area (Å²) in [4.78, 5) is 1.30. The highest BCUT2D eigenvalue weighted by molar-refractivity contribution is 7.98. The Morgan fingerprint density at radius 2 is 1.67 bits per heavy atom. The van der Waals surface area contributed by atoms with E-state index in [9.17, 15) is 0 Å². The first-order valence-corrected chi connectivity index (χ1v) is 6.83. The summed E-state index contributed by atoms with van der Waals surface area (Å²) in [6.07, 6.45) is 0. The van der Waals surface area contributed by atoms with Crippen LogP contribution in [0.1, 0.15) is 11.1 Å². The Kier molecular flexibility index (Phi) is 4.89. The molecule has 2 N–H and O–H groups in total. The van der Waals surface area contributed by atoms with Crippen molar-refractivity contribution in [3.05, 3.63) is 65.7 Å². The molecular weight excluding hydrogens is 238 g/mol. The molecule has 90 valence electrons. The van der Waals surface area contributed by atoms with Gasteiger partial charge in [0.2, 0.25) is 0 Å². The van der Waals surface area contributed by atoms with Crippen LogP contribution in [0.3, 0.4) is 0 Å². The van der Waals surface area contributed by atoms with Gasteiger partial charge in [-0.1, -0.05) is 42.2 Å². The number of benzene rings is 2. The summed E-state index contributed by atoms with van der Waals surface area (Å²) >= 11 is 1.84. The van der Waals surface area contributed by atoms with Crippen molar-refractivity contribution in [2.24, 2.45) is 5.73 Å². The molecule has 2 aromatic rings. The second-order valence-corrected chi connectivity index (χ2v) is 4.85. The third-order valence-corrected chi connectivity index (χ3v) is 3.52. The Morgan fingerprint density at radius 1 is 0.944 bits per heavy atom. The Balaban J connectivity index is 1.94. The second-order valence-electron chi connectivity index (χ2n) is 3.80. The van der Waals surface area contributed by atoms with Gasteiger partial charge in [-0.15, -0.1) is 11.8 Å². The van der Waals surface area contributed by atoms with Gasteiger partial charge in [0, 0.05) is 16.2 Å². The second kappa shape index (κ2) is 6.90. The average Bonchev–Trinajstić information content (AvgIpc) is 2.45. The standard InChI is InChI=1S/C16H15NS/c17-12-4-5-14-8-10-15(11-9-14)13-18-16-6-2-1-3-7-16/h1-3,6-11H,12-13,17H2. The van der Waals surface area contributed by atoms with E-state index in [1.807, 2.05) is 30.0 Å². The van der Waals surface area contributed by atoms with Crippen LogP contribution in [-0.4, -0.2) is 6.54 Å². The topological polar surface area (TPSA) is 26.0 Å². The Labute approximate surface area is 112 Å². The number of hydrogen-bond donors (Lipinski definition) is 1. The molecule has 0 amide bonds. The van der Waals surface area contributed by atoms with Crippen LogP contribution in [-0.2, 0) is 5.75 Å². The van der Waals surface area contributed by atoms with Gasteiger partial charge >= 0.3 is 0 Å². The van der Waals surface area contributed by atoms with Gasteiger partial charge in [0.15, 0.2) is 0 Å². The lowest BCUT2D eigenvalue weighted by molar-refractivity contribution is 1.30. The highest BCUT2D eigenvalue weighted by Gasteiger charge is 1.95. The van der Waals surface area contributed by atoms with E-state index >= 15 is 0 Å². The van der Waals surface area contributed by atoms with Gasteiger partial charge in [-0.3, -0.25) is 0 Å². The molecule has 0 aromatic heterocycles. The van der Waals surface area contributed by atoms with Crippen LogP contribution in [0.2, 0.25) is 0 Å². The largest absolute Gasteiger partial charge is 0.320 e. The smallest absolute Gasteiger partial charge is 0.0555 e. The maximum absolute atomic E-state index is 5.34. The molecule has 0 heterocycles. The van der Waals surface area contributed by atoms with E-state index in [4.69, 9.17) is 5.73 Å². The summed E-state index contributed by atoms with van der Waals surface area (Å²) in [6, 6.07) is 18.8. The molecule has 1 nitrogen and oxygen atoms in total. The molecule has 0 fully saturated rings. The van der Waals surface area contributed by atoms with Crippen molar-refractivity contribution in [2.45, 2.75) is 10.6 Å². The minimum atomic E-state index is 0.408. The van der Waals surface area contributed by atoms with E-state index in [1.54, 1.807) is 0 Å². The SMILES string of the molecule is NCC#Cc1ccc(CSc2ccccc2)cc1. The first kappa shape index (κ1) is 12.8. The van der Waals surface area contributed by atoms with Crippen LogP contribution in [0.4, 0.5) is 0 Å². The van der Waals surface area contributed by atoms with Crippen LogP contribution >= 0.6 is 11.8 Å². The van der Waals surface area contributed by atoms with Gasteiger partial charge in [-0.25, -0.2) is 0 Å². The third-order valence-electron chi connectivity index (χ3n) is 2.44. The molecule has 0 aliphatic carbocycles. The maximum Gasteiger partial charge on any atom is 0.0555 e. The van der Waals surface area contributed by atoms with E-state index in [2.05, 4.69) is 48.2 Å². The van der Waals surface area contributed by atoms with Gasteiger partial charge in [0.05, 0.1) is 6.54 Å². The van der Waals surface area contributed by atoms with E-state index in [0.717, 1.165) is 11.3 Å². The van der Waals surface area contributed by atoms with Gasteiger partial charge in [0.25, 0.3) is 0 Å². The van der Waals surface area contributed by atoms with Crippen molar-refractivity contribution >= 4 is 11.8 Å². The normalized spacial score (nSPS) is 9.61. The zero-order chi connectivity index (χ0) is 12.6. The van der Waals surface area contributed by atoms with Gasteiger partial charge < -0.3 is 5.73 Å². The number of rotatable bonds is 3. The molecule has 2 aromatic carbocycles. The zero-order valence-electron chi connectivity index (χ0n) is 10.1. The summed E-state index contributed by atoms with van der Waals surface area (Å²) < 4.78 is 0. The zero-order valence-corrected chi connectivity index (χ0v) is 10.9. The first-order chi connectivity index (χ1) is 8.88. The van der Waals surface area contributed by atoms with Crippen LogP contribution in [0.25, 0.3) is 0 Å². The van der Waals surface area contributed by atoms with Crippen LogP contribution in [0, 0.1) is 11.8 Å². The molecule has 0 aliphatic rings. The van der Waals surface area contributed by atoms with E-state index < -0.39 is 0 Å². The van der Waals surface area contributed by atoms with Crippen molar-refractivity contribution in [1.82, 2.24) is 0 Å². The first-order valence-electron chi connectivity index (χ1n) is 5.84. The highest BCUT2D eigenvalue weighted by atomic mass is 32.2. The average molecular weight is 253 g/mol. The Morgan fingerprint density at radius 3 is 2.33 bits per heavy atom. The van der Waals surface area contributed by atoms with Crippen molar-refractivity contribution < 1.29 is 0 Å². The summed E-state index contributed by atoms with van der Waals surface area (Å²) in [7, 11) is 0. The van der Waals surface area contributed by atoms with Crippen molar-refractivity contribution in [1.29, 1.82) is 0 Å². The molecule has 0 unspecified atom stereocenters. The third kappa shape index (κ3) is 3.96. The predicted octanol–water partition coefficient (Wildman–Crippen LogP) is 3.29. The predicted molar refractivity (Wildman–Crippen MR) is 78.4 cm³/mol.